The van der Waals surface area contributed by atoms with E-state index in [1.165, 1.54) is 25.3 Å². The van der Waals surface area contributed by atoms with Crippen LogP contribution in [0.2, 0.25) is 0 Å². The van der Waals surface area contributed by atoms with Crippen molar-refractivity contribution in [2.24, 2.45) is 7.05 Å². The lowest BCUT2D eigenvalue weighted by Crippen LogP contribution is -2.03. The number of hydrogen-bond acceptors (Lipinski definition) is 6. The van der Waals surface area contributed by atoms with Crippen LogP contribution in [-0.4, -0.2) is 33.7 Å². The predicted octanol–water partition coefficient (Wildman–Crippen LogP) is 3.35. The average Bonchev–Trinajstić information content (AvgIpc) is 3.13. The maximum atomic E-state index is 12.4. The number of rotatable bonds is 5. The number of nitrogens with zero attached hydrogens (tertiary/aromatic N) is 4. The van der Waals surface area contributed by atoms with Crippen molar-refractivity contribution < 1.29 is 22.7 Å². The largest absolute Gasteiger partial charge is 0.493 e. The zero-order valence-electron chi connectivity index (χ0n) is 12.5. The molecule has 0 fully saturated rings. The van der Waals surface area contributed by atoms with E-state index in [9.17, 15) is 8.78 Å². The summed E-state index contributed by atoms with van der Waals surface area (Å²) in [7, 11) is 3.14. The van der Waals surface area contributed by atoms with Gasteiger partial charge in [-0.05, 0) is 40.8 Å². The van der Waals surface area contributed by atoms with Crippen molar-refractivity contribution in [3.8, 4) is 34.5 Å². The van der Waals surface area contributed by atoms with E-state index in [0.29, 0.717) is 11.3 Å². The first kappa shape index (κ1) is 16.6. The second-order valence-electron chi connectivity index (χ2n) is 4.66. The van der Waals surface area contributed by atoms with Crippen LogP contribution < -0.4 is 9.47 Å². The van der Waals surface area contributed by atoms with Gasteiger partial charge in [0.2, 0.25) is 5.89 Å². The molecule has 0 N–H and O–H groups in total. The summed E-state index contributed by atoms with van der Waals surface area (Å²) < 4.78 is 42.3. The number of alkyl halides is 2. The first-order valence-electron chi connectivity index (χ1n) is 6.64. The van der Waals surface area contributed by atoms with Crippen molar-refractivity contribution in [1.82, 2.24) is 20.0 Å². The summed E-state index contributed by atoms with van der Waals surface area (Å²) in [4.78, 5) is 0. The fraction of sp³-hybridized carbons (Fsp3) is 0.214. The molecule has 10 heteroatoms. The van der Waals surface area contributed by atoms with Crippen molar-refractivity contribution >= 4 is 22.6 Å². The van der Waals surface area contributed by atoms with Crippen LogP contribution in [0.1, 0.15) is 0 Å². The highest BCUT2D eigenvalue weighted by atomic mass is 127. The second kappa shape index (κ2) is 6.71. The minimum atomic E-state index is -2.94. The molecule has 24 heavy (non-hydrogen) atoms. The van der Waals surface area contributed by atoms with Crippen molar-refractivity contribution in [3.05, 3.63) is 28.0 Å². The molecule has 0 radical (unpaired) electrons. The fourth-order valence-electron chi connectivity index (χ4n) is 2.03. The standard InChI is InChI=1S/C14H11F2IN4O3/c1-21-6-8(17)11(20-21)13-19-18-12(24-13)7-3-4-9(23-14(15)16)10(5-7)22-2/h3-6,14H,1-2H3. The lowest BCUT2D eigenvalue weighted by atomic mass is 10.2. The molecule has 0 aliphatic heterocycles. The molecule has 1 aromatic carbocycles. The zero-order chi connectivity index (χ0) is 17.3. The maximum Gasteiger partial charge on any atom is 0.387 e. The number of methoxy groups -OCH3 is 1. The fourth-order valence-corrected chi connectivity index (χ4v) is 2.78. The Morgan fingerprint density at radius 3 is 2.58 bits per heavy atom. The van der Waals surface area contributed by atoms with Gasteiger partial charge in [-0.2, -0.15) is 13.9 Å². The first-order chi connectivity index (χ1) is 11.5. The highest BCUT2D eigenvalue weighted by molar-refractivity contribution is 14.1. The minimum absolute atomic E-state index is 0.0738. The number of aryl methyl sites for hydroxylation is 1. The molecule has 0 spiro atoms. The topological polar surface area (TPSA) is 75.2 Å². The summed E-state index contributed by atoms with van der Waals surface area (Å²) in [6, 6.07) is 4.37. The SMILES string of the molecule is COc1cc(-c2nnc(-c3nn(C)cc3I)o2)ccc1OC(F)F. The highest BCUT2D eigenvalue weighted by Crippen LogP contribution is 2.34. The molecule has 3 aromatic rings. The van der Waals surface area contributed by atoms with Crippen LogP contribution in [0.3, 0.4) is 0 Å². The molecule has 3 rings (SSSR count). The van der Waals surface area contributed by atoms with E-state index in [-0.39, 0.29) is 23.3 Å². The Bertz CT molecular complexity index is 866. The van der Waals surface area contributed by atoms with E-state index in [0.717, 1.165) is 3.57 Å². The molecule has 0 unspecified atom stereocenters. The van der Waals surface area contributed by atoms with E-state index in [1.54, 1.807) is 11.7 Å². The van der Waals surface area contributed by atoms with Gasteiger partial charge in [0, 0.05) is 18.8 Å². The van der Waals surface area contributed by atoms with E-state index >= 15 is 0 Å². The van der Waals surface area contributed by atoms with Crippen LogP contribution in [0, 0.1) is 3.57 Å². The Labute approximate surface area is 148 Å². The van der Waals surface area contributed by atoms with Crippen LogP contribution >= 0.6 is 22.6 Å². The Kier molecular flexibility index (Phi) is 4.64. The molecule has 2 aromatic heterocycles. The van der Waals surface area contributed by atoms with Gasteiger partial charge in [0.05, 0.1) is 10.7 Å². The van der Waals surface area contributed by atoms with E-state index < -0.39 is 6.61 Å². The van der Waals surface area contributed by atoms with Crippen molar-refractivity contribution in [2.75, 3.05) is 7.11 Å². The number of halogens is 3. The third-order valence-electron chi connectivity index (χ3n) is 3.04. The normalized spacial score (nSPS) is 11.1. The van der Waals surface area contributed by atoms with Crippen LogP contribution in [0.15, 0.2) is 28.8 Å². The molecule has 0 atom stereocenters. The number of ether oxygens (including phenoxy) is 2. The Hall–Kier alpha value is -2.24. The molecule has 0 bridgehead atoms. The second-order valence-corrected chi connectivity index (χ2v) is 5.82. The van der Waals surface area contributed by atoms with Gasteiger partial charge in [-0.25, -0.2) is 0 Å². The number of hydrogen-bond donors (Lipinski definition) is 0. The summed E-state index contributed by atoms with van der Waals surface area (Å²) in [6.45, 7) is -2.94. The summed E-state index contributed by atoms with van der Waals surface area (Å²) >= 11 is 2.12. The third kappa shape index (κ3) is 3.32. The Balaban J connectivity index is 1.94. The molecule has 0 aliphatic carbocycles. The van der Waals surface area contributed by atoms with Crippen LogP contribution in [-0.2, 0) is 7.05 Å². The molecule has 0 aliphatic rings. The minimum Gasteiger partial charge on any atom is -0.493 e. The van der Waals surface area contributed by atoms with Gasteiger partial charge in [-0.3, -0.25) is 4.68 Å². The summed E-state index contributed by atoms with van der Waals surface area (Å²) in [5.41, 5.74) is 1.08. The van der Waals surface area contributed by atoms with Crippen LogP contribution in [0.4, 0.5) is 8.78 Å². The van der Waals surface area contributed by atoms with Crippen LogP contribution in [0.5, 0.6) is 11.5 Å². The van der Waals surface area contributed by atoms with Crippen molar-refractivity contribution in [2.45, 2.75) is 6.61 Å². The molecule has 0 saturated heterocycles. The summed E-state index contributed by atoms with van der Waals surface area (Å²) in [5.74, 6) is 0.547. The highest BCUT2D eigenvalue weighted by Gasteiger charge is 2.18. The van der Waals surface area contributed by atoms with E-state index in [2.05, 4.69) is 42.6 Å². The molecular formula is C14H11F2IN4O3. The number of aromatic nitrogens is 4. The predicted molar refractivity (Wildman–Crippen MR) is 87.8 cm³/mol. The van der Waals surface area contributed by atoms with Gasteiger partial charge < -0.3 is 13.9 Å². The maximum absolute atomic E-state index is 12.4. The zero-order valence-corrected chi connectivity index (χ0v) is 14.7. The molecule has 0 amide bonds. The Morgan fingerprint density at radius 2 is 1.96 bits per heavy atom. The first-order valence-corrected chi connectivity index (χ1v) is 7.72. The molecular weight excluding hydrogens is 437 g/mol. The molecule has 126 valence electrons. The van der Waals surface area contributed by atoms with Gasteiger partial charge in [-0.15, -0.1) is 10.2 Å². The Morgan fingerprint density at radius 1 is 1.21 bits per heavy atom. The summed E-state index contributed by atoms with van der Waals surface area (Å²) in [6.07, 6.45) is 1.82. The average molecular weight is 448 g/mol. The van der Waals surface area contributed by atoms with E-state index in [1.807, 2.05) is 6.20 Å². The van der Waals surface area contributed by atoms with Crippen molar-refractivity contribution in [1.29, 1.82) is 0 Å². The van der Waals surface area contributed by atoms with Crippen molar-refractivity contribution in [3.63, 3.8) is 0 Å². The van der Waals surface area contributed by atoms with Gasteiger partial charge in [0.1, 0.15) is 0 Å². The molecule has 0 saturated carbocycles. The van der Waals surface area contributed by atoms with E-state index in [4.69, 9.17) is 9.15 Å². The quantitative estimate of drug-likeness (QED) is 0.558. The summed E-state index contributed by atoms with van der Waals surface area (Å²) in [5, 5.41) is 12.2. The number of benzene rings is 1. The van der Waals surface area contributed by atoms with Crippen LogP contribution in [0.25, 0.3) is 23.0 Å². The lowest BCUT2D eigenvalue weighted by Gasteiger charge is -2.10. The van der Waals surface area contributed by atoms with Gasteiger partial charge in [0.15, 0.2) is 17.2 Å². The third-order valence-corrected chi connectivity index (χ3v) is 3.83. The molecule has 7 nitrogen and oxygen atoms in total. The monoisotopic (exact) mass is 448 g/mol. The van der Waals surface area contributed by atoms with Gasteiger partial charge >= 0.3 is 6.61 Å². The molecule has 2 heterocycles. The smallest absolute Gasteiger partial charge is 0.387 e. The lowest BCUT2D eigenvalue weighted by molar-refractivity contribution is -0.0512. The van der Waals surface area contributed by atoms with Gasteiger partial charge in [0.25, 0.3) is 5.89 Å². The van der Waals surface area contributed by atoms with Gasteiger partial charge in [-0.1, -0.05) is 0 Å².